The summed E-state index contributed by atoms with van der Waals surface area (Å²) in [5.74, 6) is -0.0418. The minimum Gasteiger partial charge on any atom is -0.494 e. The summed E-state index contributed by atoms with van der Waals surface area (Å²) in [4.78, 5) is 0. The Balaban J connectivity index is 1.82. The van der Waals surface area contributed by atoms with E-state index in [4.69, 9.17) is 14.2 Å². The average Bonchev–Trinajstić information content (AvgIpc) is 2.42. The van der Waals surface area contributed by atoms with Crippen LogP contribution in [-0.2, 0) is 16.0 Å². The van der Waals surface area contributed by atoms with Crippen LogP contribution in [0, 0.1) is 5.82 Å². The number of rotatable bonds is 5. The number of halogens is 1. The maximum Gasteiger partial charge on any atom is 0.169 e. The smallest absolute Gasteiger partial charge is 0.169 e. The van der Waals surface area contributed by atoms with E-state index in [1.54, 1.807) is 18.2 Å². The molecule has 0 aromatic heterocycles. The van der Waals surface area contributed by atoms with Crippen LogP contribution < -0.4 is 10.1 Å². The number of hydrogen-bond acceptors (Lipinski definition) is 4. The summed E-state index contributed by atoms with van der Waals surface area (Å²) in [7, 11) is 1.46. The van der Waals surface area contributed by atoms with Crippen LogP contribution in [0.25, 0.3) is 0 Å². The van der Waals surface area contributed by atoms with Crippen molar-refractivity contribution in [3.8, 4) is 5.75 Å². The zero-order valence-corrected chi connectivity index (χ0v) is 10.4. The average molecular weight is 255 g/mol. The largest absolute Gasteiger partial charge is 0.494 e. The van der Waals surface area contributed by atoms with Crippen molar-refractivity contribution in [1.82, 2.24) is 5.32 Å². The van der Waals surface area contributed by atoms with Gasteiger partial charge in [0, 0.05) is 18.7 Å². The van der Waals surface area contributed by atoms with Gasteiger partial charge in [0.2, 0.25) is 0 Å². The van der Waals surface area contributed by atoms with Crippen LogP contribution in [0.5, 0.6) is 5.75 Å². The van der Waals surface area contributed by atoms with Crippen LogP contribution in [0.2, 0.25) is 0 Å². The molecule has 1 saturated heterocycles. The van der Waals surface area contributed by atoms with Crippen LogP contribution in [0.4, 0.5) is 4.39 Å². The van der Waals surface area contributed by atoms with E-state index < -0.39 is 0 Å². The third-order valence-electron chi connectivity index (χ3n) is 2.84. The normalized spacial score (nSPS) is 19.8. The van der Waals surface area contributed by atoms with Gasteiger partial charge in [-0.15, -0.1) is 0 Å². The molecular weight excluding hydrogens is 237 g/mol. The first-order valence-electron chi connectivity index (χ1n) is 6.02. The topological polar surface area (TPSA) is 39.7 Å². The fourth-order valence-electron chi connectivity index (χ4n) is 1.87. The molecule has 1 aliphatic heterocycles. The molecule has 0 spiro atoms. The number of methoxy groups -OCH3 is 1. The van der Waals surface area contributed by atoms with Crippen LogP contribution in [0.1, 0.15) is 5.56 Å². The maximum absolute atomic E-state index is 13.8. The molecule has 1 fully saturated rings. The van der Waals surface area contributed by atoms with Gasteiger partial charge in [0.25, 0.3) is 0 Å². The molecule has 1 atom stereocenters. The van der Waals surface area contributed by atoms with Crippen molar-refractivity contribution in [2.75, 3.05) is 33.5 Å². The molecule has 18 heavy (non-hydrogen) atoms. The molecule has 5 heteroatoms. The summed E-state index contributed by atoms with van der Waals surface area (Å²) in [5, 5.41) is 3.16. The molecule has 1 aromatic rings. The van der Waals surface area contributed by atoms with E-state index in [0.29, 0.717) is 38.5 Å². The highest BCUT2D eigenvalue weighted by Crippen LogP contribution is 2.19. The van der Waals surface area contributed by atoms with Gasteiger partial charge in [0.05, 0.1) is 33.0 Å². The van der Waals surface area contributed by atoms with Crippen molar-refractivity contribution < 1.29 is 18.6 Å². The van der Waals surface area contributed by atoms with Gasteiger partial charge in [-0.2, -0.15) is 0 Å². The van der Waals surface area contributed by atoms with E-state index >= 15 is 0 Å². The monoisotopic (exact) mass is 255 g/mol. The van der Waals surface area contributed by atoms with Crippen LogP contribution >= 0.6 is 0 Å². The van der Waals surface area contributed by atoms with Crippen molar-refractivity contribution in [1.29, 1.82) is 0 Å². The Morgan fingerprint density at radius 2 is 2.33 bits per heavy atom. The first-order chi connectivity index (χ1) is 8.81. The minimum atomic E-state index is -0.312. The summed E-state index contributed by atoms with van der Waals surface area (Å²) in [6, 6.07) is 5.12. The van der Waals surface area contributed by atoms with E-state index in [0.717, 1.165) is 0 Å². The Hall–Kier alpha value is -1.17. The van der Waals surface area contributed by atoms with E-state index in [1.165, 1.54) is 7.11 Å². The number of ether oxygens (including phenoxy) is 3. The van der Waals surface area contributed by atoms with Gasteiger partial charge in [-0.25, -0.2) is 4.39 Å². The second kappa shape index (κ2) is 6.68. The number of nitrogens with one attached hydrogen (secondary N) is 1. The third kappa shape index (κ3) is 3.41. The first kappa shape index (κ1) is 13.3. The highest BCUT2D eigenvalue weighted by atomic mass is 19.1. The van der Waals surface area contributed by atoms with Crippen LogP contribution in [0.3, 0.4) is 0 Å². The maximum atomic E-state index is 13.8. The minimum absolute atomic E-state index is 0.0485. The fourth-order valence-corrected chi connectivity index (χ4v) is 1.87. The molecule has 0 saturated carbocycles. The molecule has 0 bridgehead atoms. The number of benzene rings is 1. The van der Waals surface area contributed by atoms with Gasteiger partial charge in [-0.1, -0.05) is 12.1 Å². The second-order valence-corrected chi connectivity index (χ2v) is 4.13. The zero-order valence-electron chi connectivity index (χ0n) is 10.4. The predicted octanol–water partition coefficient (Wildman–Crippen LogP) is 1.34. The van der Waals surface area contributed by atoms with E-state index in [9.17, 15) is 4.39 Å². The van der Waals surface area contributed by atoms with Crippen LogP contribution in [0.15, 0.2) is 18.2 Å². The summed E-state index contributed by atoms with van der Waals surface area (Å²) < 4.78 is 29.5. The molecular formula is C13H18FNO3. The molecule has 1 unspecified atom stereocenters. The molecule has 100 valence electrons. The van der Waals surface area contributed by atoms with Crippen molar-refractivity contribution in [3.63, 3.8) is 0 Å². The lowest BCUT2D eigenvalue weighted by atomic mass is 10.2. The van der Waals surface area contributed by atoms with Crippen molar-refractivity contribution in [3.05, 3.63) is 29.6 Å². The van der Waals surface area contributed by atoms with Gasteiger partial charge in [0.15, 0.2) is 11.6 Å². The summed E-state index contributed by atoms with van der Waals surface area (Å²) in [6.07, 6.45) is 0.0485. The van der Waals surface area contributed by atoms with E-state index in [1.807, 2.05) is 0 Å². The highest BCUT2D eigenvalue weighted by Gasteiger charge is 2.14. The lowest BCUT2D eigenvalue weighted by molar-refractivity contribution is -0.0864. The Bertz CT molecular complexity index is 380. The van der Waals surface area contributed by atoms with Gasteiger partial charge >= 0.3 is 0 Å². The first-order valence-corrected chi connectivity index (χ1v) is 6.02. The molecule has 0 radical (unpaired) electrons. The van der Waals surface area contributed by atoms with E-state index in [2.05, 4.69) is 5.32 Å². The molecule has 1 aliphatic rings. The van der Waals surface area contributed by atoms with Gasteiger partial charge in [-0.3, -0.25) is 0 Å². The zero-order chi connectivity index (χ0) is 12.8. The van der Waals surface area contributed by atoms with Gasteiger partial charge in [-0.05, 0) is 6.07 Å². The van der Waals surface area contributed by atoms with Gasteiger partial charge < -0.3 is 19.5 Å². The molecule has 2 rings (SSSR count). The number of hydrogen-bond donors (Lipinski definition) is 1. The predicted molar refractivity (Wildman–Crippen MR) is 65.2 cm³/mol. The second-order valence-electron chi connectivity index (χ2n) is 4.13. The molecule has 1 N–H and O–H groups in total. The third-order valence-corrected chi connectivity index (χ3v) is 2.84. The lowest BCUT2D eigenvalue weighted by Crippen LogP contribution is -2.37. The molecule has 4 nitrogen and oxygen atoms in total. The van der Waals surface area contributed by atoms with Crippen molar-refractivity contribution >= 4 is 0 Å². The molecule has 0 amide bonds. The van der Waals surface area contributed by atoms with Crippen molar-refractivity contribution in [2.45, 2.75) is 12.6 Å². The lowest BCUT2D eigenvalue weighted by Gasteiger charge is -2.23. The van der Waals surface area contributed by atoms with Crippen LogP contribution in [-0.4, -0.2) is 39.6 Å². The Morgan fingerprint density at radius 1 is 1.44 bits per heavy atom. The summed E-state index contributed by atoms with van der Waals surface area (Å²) in [5.41, 5.74) is 0.589. The molecule has 1 aromatic carbocycles. The Morgan fingerprint density at radius 3 is 3.06 bits per heavy atom. The Kier molecular flexibility index (Phi) is 4.92. The highest BCUT2D eigenvalue weighted by molar-refractivity contribution is 5.30. The summed E-state index contributed by atoms with van der Waals surface area (Å²) in [6.45, 7) is 2.97. The van der Waals surface area contributed by atoms with E-state index in [-0.39, 0.29) is 17.7 Å². The van der Waals surface area contributed by atoms with Gasteiger partial charge in [0.1, 0.15) is 0 Å². The molecule has 0 aliphatic carbocycles. The Labute approximate surface area is 106 Å². The standard InChI is InChI=1S/C13H18FNO3/c1-16-12-4-2-3-10(13(12)14)7-15-8-11-9-17-5-6-18-11/h2-4,11,15H,5-9H2,1H3. The fraction of sp³-hybridized carbons (Fsp3) is 0.538. The van der Waals surface area contributed by atoms with Crippen molar-refractivity contribution in [2.24, 2.45) is 0 Å². The quantitative estimate of drug-likeness (QED) is 0.862. The summed E-state index contributed by atoms with van der Waals surface area (Å²) >= 11 is 0. The molecule has 1 heterocycles. The SMILES string of the molecule is COc1cccc(CNCC2COCCO2)c1F.